The van der Waals surface area contributed by atoms with Crippen LogP contribution in [-0.4, -0.2) is 0 Å². The lowest BCUT2D eigenvalue weighted by atomic mass is 9.66. The van der Waals surface area contributed by atoms with Gasteiger partial charge in [-0.15, -0.1) is 0 Å². The van der Waals surface area contributed by atoms with Gasteiger partial charge in [0.1, 0.15) is 22.7 Å². The predicted molar refractivity (Wildman–Crippen MR) is 216 cm³/mol. The number of fused-ring (bicyclic) bond motifs is 12. The van der Waals surface area contributed by atoms with Crippen molar-refractivity contribution < 1.29 is 9.15 Å². The van der Waals surface area contributed by atoms with E-state index in [4.69, 9.17) is 20.8 Å². The third kappa shape index (κ3) is 4.35. The highest BCUT2D eigenvalue weighted by Gasteiger charge is 2.51. The van der Waals surface area contributed by atoms with Crippen LogP contribution >= 0.6 is 11.6 Å². The summed E-state index contributed by atoms with van der Waals surface area (Å²) in [6, 6.07) is 64.0. The smallest absolute Gasteiger partial charge is 0.138 e. The molecule has 0 N–H and O–H groups in total. The van der Waals surface area contributed by atoms with E-state index < -0.39 is 5.41 Å². The lowest BCUT2D eigenvalue weighted by Gasteiger charge is -2.40. The van der Waals surface area contributed by atoms with Crippen LogP contribution < -0.4 is 9.64 Å². The summed E-state index contributed by atoms with van der Waals surface area (Å²) in [6.07, 6.45) is 0. The lowest BCUT2D eigenvalue weighted by Crippen LogP contribution is -2.32. The van der Waals surface area contributed by atoms with Gasteiger partial charge in [-0.25, -0.2) is 0 Å². The van der Waals surface area contributed by atoms with E-state index in [1.165, 1.54) is 16.7 Å². The molecule has 250 valence electrons. The first-order chi connectivity index (χ1) is 26.2. The molecule has 4 heteroatoms. The molecule has 53 heavy (non-hydrogen) atoms. The van der Waals surface area contributed by atoms with Crippen LogP contribution in [0.3, 0.4) is 0 Å². The molecule has 0 saturated carbocycles. The van der Waals surface area contributed by atoms with Gasteiger partial charge < -0.3 is 14.1 Å². The van der Waals surface area contributed by atoms with E-state index in [0.29, 0.717) is 0 Å². The Morgan fingerprint density at radius 1 is 0.434 bits per heavy atom. The summed E-state index contributed by atoms with van der Waals surface area (Å²) in [4.78, 5) is 2.30. The lowest BCUT2D eigenvalue weighted by molar-refractivity contribution is 0.436. The summed E-state index contributed by atoms with van der Waals surface area (Å²) in [6.45, 7) is 0. The maximum atomic E-state index is 6.91. The van der Waals surface area contributed by atoms with Gasteiger partial charge in [-0.1, -0.05) is 133 Å². The number of nitrogens with zero attached hydrogens (tertiary/aromatic N) is 1. The van der Waals surface area contributed by atoms with Gasteiger partial charge in [0.25, 0.3) is 0 Å². The van der Waals surface area contributed by atoms with Crippen LogP contribution in [0.1, 0.15) is 22.3 Å². The van der Waals surface area contributed by atoms with Crippen molar-refractivity contribution in [2.45, 2.75) is 5.41 Å². The van der Waals surface area contributed by atoms with Gasteiger partial charge in [-0.05, 0) is 81.9 Å². The number of para-hydroxylation sites is 3. The molecule has 0 saturated heterocycles. The second-order valence-electron chi connectivity index (χ2n) is 13.8. The van der Waals surface area contributed by atoms with Crippen LogP contribution in [0.15, 0.2) is 186 Å². The first-order valence-corrected chi connectivity index (χ1v) is 18.2. The van der Waals surface area contributed by atoms with Crippen molar-refractivity contribution in [3.05, 3.63) is 209 Å². The highest BCUT2D eigenvalue weighted by Crippen LogP contribution is 2.62. The van der Waals surface area contributed by atoms with E-state index in [2.05, 4.69) is 169 Å². The maximum Gasteiger partial charge on any atom is 0.138 e. The Hall–Kier alpha value is -6.55. The molecule has 11 rings (SSSR count). The van der Waals surface area contributed by atoms with Crippen molar-refractivity contribution in [1.29, 1.82) is 0 Å². The average Bonchev–Trinajstić information content (AvgIpc) is 3.72. The molecule has 2 heterocycles. The van der Waals surface area contributed by atoms with Crippen molar-refractivity contribution in [3.8, 4) is 33.8 Å². The first kappa shape index (κ1) is 30.1. The number of rotatable bonds is 4. The third-order valence-electron chi connectivity index (χ3n) is 11.0. The fourth-order valence-corrected chi connectivity index (χ4v) is 9.02. The molecular formula is C49H30ClNO2. The summed E-state index contributed by atoms with van der Waals surface area (Å²) in [5, 5.41) is 2.93. The van der Waals surface area contributed by atoms with E-state index >= 15 is 0 Å². The van der Waals surface area contributed by atoms with Crippen LogP contribution in [0.4, 0.5) is 17.1 Å². The third-order valence-corrected chi connectivity index (χ3v) is 11.2. The molecular weight excluding hydrogens is 670 g/mol. The number of anilines is 3. The van der Waals surface area contributed by atoms with Gasteiger partial charge >= 0.3 is 0 Å². The zero-order valence-corrected chi connectivity index (χ0v) is 29.2. The molecule has 1 atom stereocenters. The van der Waals surface area contributed by atoms with Crippen molar-refractivity contribution in [2.75, 3.05) is 4.90 Å². The Morgan fingerprint density at radius 3 is 1.98 bits per heavy atom. The van der Waals surface area contributed by atoms with E-state index in [1.54, 1.807) is 0 Å². The van der Waals surface area contributed by atoms with E-state index in [1.807, 2.05) is 18.2 Å². The van der Waals surface area contributed by atoms with Crippen molar-refractivity contribution in [2.24, 2.45) is 0 Å². The topological polar surface area (TPSA) is 25.6 Å². The second kappa shape index (κ2) is 11.5. The number of benzene rings is 8. The van der Waals surface area contributed by atoms with Crippen molar-refractivity contribution in [3.63, 3.8) is 0 Å². The van der Waals surface area contributed by atoms with Gasteiger partial charge in [0.05, 0.1) is 11.1 Å². The monoisotopic (exact) mass is 699 g/mol. The van der Waals surface area contributed by atoms with Crippen molar-refractivity contribution in [1.82, 2.24) is 0 Å². The fourth-order valence-electron chi connectivity index (χ4n) is 8.85. The van der Waals surface area contributed by atoms with Crippen LogP contribution in [0, 0.1) is 0 Å². The SMILES string of the molecule is Clc1ccc2c(c1)-c1ccccc1C21c2ccccc2Oc2cc(N(c3ccccc3)c3cc(-c4ccccc4)c4c(c3)oc3ccccc34)ccc21. The molecule has 8 aromatic carbocycles. The number of halogens is 1. The zero-order valence-electron chi connectivity index (χ0n) is 28.5. The molecule has 1 aliphatic heterocycles. The molecule has 0 amide bonds. The standard InChI is InChI=1S/C49H30ClNO2/c50-32-23-25-41-39(27-32)36-17-7-9-19-40(36)49(41)42-20-10-12-22-45(42)53-46-29-34(24-26-43(46)49)51(33-15-5-2-6-16-33)35-28-38(31-13-3-1-4-14-31)48-37-18-8-11-21-44(37)52-47(48)30-35/h1-30H. The number of furan rings is 1. The minimum absolute atomic E-state index is 0.579. The summed E-state index contributed by atoms with van der Waals surface area (Å²) >= 11 is 6.66. The van der Waals surface area contributed by atoms with Crippen LogP contribution in [0.2, 0.25) is 5.02 Å². The number of ether oxygens (including phenoxy) is 1. The van der Waals surface area contributed by atoms with Gasteiger partial charge in [-0.3, -0.25) is 0 Å². The zero-order chi connectivity index (χ0) is 35.1. The van der Waals surface area contributed by atoms with Crippen LogP contribution in [0.5, 0.6) is 11.5 Å². The van der Waals surface area contributed by atoms with E-state index in [9.17, 15) is 0 Å². The maximum absolute atomic E-state index is 6.91. The van der Waals surface area contributed by atoms with Crippen LogP contribution in [-0.2, 0) is 5.41 Å². The second-order valence-corrected chi connectivity index (χ2v) is 14.2. The number of hydrogen-bond acceptors (Lipinski definition) is 3. The molecule has 1 unspecified atom stereocenters. The molecule has 3 nitrogen and oxygen atoms in total. The summed E-state index contributed by atoms with van der Waals surface area (Å²) in [5.41, 5.74) is 13.3. The minimum atomic E-state index is -0.579. The summed E-state index contributed by atoms with van der Waals surface area (Å²) in [7, 11) is 0. The Balaban J connectivity index is 1.17. The molecule has 1 spiro atoms. The van der Waals surface area contributed by atoms with Crippen LogP contribution in [0.25, 0.3) is 44.2 Å². The molecule has 1 aromatic heterocycles. The Kier molecular flexibility index (Phi) is 6.52. The molecule has 0 fully saturated rings. The van der Waals surface area contributed by atoms with Gasteiger partial charge in [0, 0.05) is 50.4 Å². The molecule has 0 bridgehead atoms. The fraction of sp³-hybridized carbons (Fsp3) is 0.0204. The van der Waals surface area contributed by atoms with Gasteiger partial charge in [-0.2, -0.15) is 0 Å². The predicted octanol–water partition coefficient (Wildman–Crippen LogP) is 13.8. The minimum Gasteiger partial charge on any atom is -0.457 e. The molecule has 0 radical (unpaired) electrons. The molecule has 2 aliphatic rings. The van der Waals surface area contributed by atoms with Crippen molar-refractivity contribution >= 4 is 50.6 Å². The largest absolute Gasteiger partial charge is 0.457 e. The first-order valence-electron chi connectivity index (χ1n) is 17.9. The molecule has 9 aromatic rings. The van der Waals surface area contributed by atoms with Gasteiger partial charge in [0.15, 0.2) is 0 Å². The Morgan fingerprint density at radius 2 is 1.11 bits per heavy atom. The molecule has 1 aliphatic carbocycles. The highest BCUT2D eigenvalue weighted by atomic mass is 35.5. The normalized spacial score (nSPS) is 15.1. The van der Waals surface area contributed by atoms with E-state index in [-0.39, 0.29) is 0 Å². The number of hydrogen-bond donors (Lipinski definition) is 0. The summed E-state index contributed by atoms with van der Waals surface area (Å²) in [5.74, 6) is 1.66. The summed E-state index contributed by atoms with van der Waals surface area (Å²) < 4.78 is 13.5. The quantitative estimate of drug-likeness (QED) is 0.183. The van der Waals surface area contributed by atoms with Gasteiger partial charge in [0.2, 0.25) is 0 Å². The van der Waals surface area contributed by atoms with E-state index in [0.717, 1.165) is 83.3 Å². The average molecular weight is 700 g/mol. The highest BCUT2D eigenvalue weighted by molar-refractivity contribution is 6.31. The Labute approximate surface area is 311 Å². The Bertz CT molecular complexity index is 2900.